The second-order valence-corrected chi connectivity index (χ2v) is 3.91. The second-order valence-electron chi connectivity index (χ2n) is 3.48. The van der Waals surface area contributed by atoms with Crippen LogP contribution in [0.5, 0.6) is 0 Å². The summed E-state index contributed by atoms with van der Waals surface area (Å²) >= 11 is 5.90. The predicted octanol–water partition coefficient (Wildman–Crippen LogP) is 2.98. The van der Waals surface area contributed by atoms with Gasteiger partial charge in [0.15, 0.2) is 0 Å². The van der Waals surface area contributed by atoms with Crippen LogP contribution in [0.3, 0.4) is 0 Å². The number of aromatic nitrogens is 1. The van der Waals surface area contributed by atoms with Crippen LogP contribution in [0.15, 0.2) is 24.3 Å². The van der Waals surface area contributed by atoms with Crippen molar-refractivity contribution in [3.63, 3.8) is 0 Å². The van der Waals surface area contributed by atoms with Gasteiger partial charge in [-0.25, -0.2) is 9.78 Å². The Hall–Kier alpha value is -1.61. The molecule has 16 heavy (non-hydrogen) atoms. The van der Waals surface area contributed by atoms with Gasteiger partial charge in [0.05, 0.1) is 12.6 Å². The minimum absolute atomic E-state index is 0.315. The highest BCUT2D eigenvalue weighted by molar-refractivity contribution is 6.31. The lowest BCUT2D eigenvalue weighted by atomic mass is 10.1. The van der Waals surface area contributed by atoms with Crippen molar-refractivity contribution in [1.82, 2.24) is 4.98 Å². The van der Waals surface area contributed by atoms with Crippen molar-refractivity contribution in [2.45, 2.75) is 6.92 Å². The van der Waals surface area contributed by atoms with Crippen molar-refractivity contribution in [3.05, 3.63) is 40.5 Å². The zero-order chi connectivity index (χ0) is 11.7. The molecule has 2 rings (SSSR count). The lowest BCUT2D eigenvalue weighted by molar-refractivity contribution is 0.0594. The summed E-state index contributed by atoms with van der Waals surface area (Å²) in [5.74, 6) is -0.431. The number of nitrogens with zero attached hydrogens (tertiary/aromatic N) is 1. The smallest absolute Gasteiger partial charge is 0.356 e. The summed E-state index contributed by atoms with van der Waals surface area (Å²) in [4.78, 5) is 15.6. The minimum Gasteiger partial charge on any atom is -0.464 e. The number of halogens is 1. The highest BCUT2D eigenvalue weighted by Gasteiger charge is 2.10. The van der Waals surface area contributed by atoms with Gasteiger partial charge in [-0.2, -0.15) is 0 Å². The third-order valence-electron chi connectivity index (χ3n) is 2.37. The Morgan fingerprint density at radius 1 is 1.38 bits per heavy atom. The summed E-state index contributed by atoms with van der Waals surface area (Å²) in [6.45, 7) is 1.91. The number of pyridine rings is 1. The van der Waals surface area contributed by atoms with Crippen LogP contribution in [-0.2, 0) is 4.74 Å². The van der Waals surface area contributed by atoms with E-state index in [9.17, 15) is 4.79 Å². The van der Waals surface area contributed by atoms with Gasteiger partial charge in [-0.15, -0.1) is 0 Å². The summed E-state index contributed by atoms with van der Waals surface area (Å²) in [6, 6.07) is 7.07. The molecule has 0 spiro atoms. The Morgan fingerprint density at radius 3 is 2.81 bits per heavy atom. The molecular weight excluding hydrogens is 226 g/mol. The molecule has 0 unspecified atom stereocenters. The van der Waals surface area contributed by atoms with Crippen LogP contribution in [0.4, 0.5) is 0 Å². The van der Waals surface area contributed by atoms with Crippen LogP contribution < -0.4 is 0 Å². The van der Waals surface area contributed by atoms with E-state index >= 15 is 0 Å². The first kappa shape index (κ1) is 10.9. The van der Waals surface area contributed by atoms with Crippen LogP contribution in [0.25, 0.3) is 10.9 Å². The monoisotopic (exact) mass is 235 g/mol. The van der Waals surface area contributed by atoms with Gasteiger partial charge in [0, 0.05) is 10.4 Å². The van der Waals surface area contributed by atoms with Gasteiger partial charge in [0.1, 0.15) is 5.69 Å². The Bertz CT molecular complexity index is 566. The van der Waals surface area contributed by atoms with E-state index in [1.807, 2.05) is 13.0 Å². The summed E-state index contributed by atoms with van der Waals surface area (Å²) < 4.78 is 4.64. The second kappa shape index (κ2) is 4.10. The number of ether oxygens (including phenoxy) is 1. The number of esters is 1. The molecule has 1 aromatic carbocycles. The minimum atomic E-state index is -0.431. The third-order valence-corrected chi connectivity index (χ3v) is 2.61. The molecule has 2 aromatic rings. The van der Waals surface area contributed by atoms with Gasteiger partial charge >= 0.3 is 5.97 Å². The number of rotatable bonds is 1. The molecule has 0 atom stereocenters. The highest BCUT2D eigenvalue weighted by atomic mass is 35.5. The molecule has 0 bridgehead atoms. The topological polar surface area (TPSA) is 39.2 Å². The fourth-order valence-corrected chi connectivity index (χ4v) is 1.75. The number of carbonyl (C=O) groups excluding carboxylic acids is 1. The standard InChI is InChI=1S/C12H10ClNO2/c1-7-5-11(12(15)16-2)14-10-4-3-8(13)6-9(7)10/h3-6H,1-2H3. The molecule has 0 radical (unpaired) electrons. The Kier molecular flexibility index (Phi) is 2.79. The first-order valence-corrected chi connectivity index (χ1v) is 5.15. The molecule has 0 aliphatic carbocycles. The molecule has 0 saturated heterocycles. The maximum atomic E-state index is 11.4. The van der Waals surface area contributed by atoms with Gasteiger partial charge in [-0.1, -0.05) is 11.6 Å². The van der Waals surface area contributed by atoms with E-state index in [0.717, 1.165) is 16.5 Å². The molecule has 82 valence electrons. The van der Waals surface area contributed by atoms with E-state index in [1.165, 1.54) is 7.11 Å². The Balaban J connectivity index is 2.68. The molecule has 0 aliphatic heterocycles. The summed E-state index contributed by atoms with van der Waals surface area (Å²) in [5.41, 5.74) is 2.01. The number of carbonyl (C=O) groups is 1. The zero-order valence-electron chi connectivity index (χ0n) is 8.95. The van der Waals surface area contributed by atoms with Crippen LogP contribution in [0, 0.1) is 6.92 Å². The Morgan fingerprint density at radius 2 is 2.12 bits per heavy atom. The molecule has 0 N–H and O–H groups in total. The molecule has 0 saturated carbocycles. The van der Waals surface area contributed by atoms with Crippen LogP contribution >= 0.6 is 11.6 Å². The largest absolute Gasteiger partial charge is 0.464 e. The van der Waals surface area contributed by atoms with Crippen molar-refractivity contribution in [2.24, 2.45) is 0 Å². The van der Waals surface area contributed by atoms with Gasteiger partial charge < -0.3 is 4.74 Å². The fraction of sp³-hybridized carbons (Fsp3) is 0.167. The first-order valence-electron chi connectivity index (χ1n) is 4.77. The van der Waals surface area contributed by atoms with Gasteiger partial charge in [-0.05, 0) is 36.8 Å². The molecule has 0 fully saturated rings. The molecule has 0 amide bonds. The van der Waals surface area contributed by atoms with Crippen molar-refractivity contribution in [3.8, 4) is 0 Å². The quantitative estimate of drug-likeness (QED) is 0.714. The van der Waals surface area contributed by atoms with E-state index < -0.39 is 5.97 Å². The molecule has 3 nitrogen and oxygen atoms in total. The van der Waals surface area contributed by atoms with E-state index in [0.29, 0.717) is 10.7 Å². The first-order chi connectivity index (χ1) is 7.61. The molecular formula is C12H10ClNO2. The predicted molar refractivity (Wildman–Crippen MR) is 62.8 cm³/mol. The SMILES string of the molecule is COC(=O)c1cc(C)c2cc(Cl)ccc2n1. The highest BCUT2D eigenvalue weighted by Crippen LogP contribution is 2.22. The van der Waals surface area contributed by atoms with Gasteiger partial charge in [0.25, 0.3) is 0 Å². The van der Waals surface area contributed by atoms with E-state index in [4.69, 9.17) is 11.6 Å². The lowest BCUT2D eigenvalue weighted by Crippen LogP contribution is -2.04. The summed E-state index contributed by atoms with van der Waals surface area (Å²) in [6.07, 6.45) is 0. The molecule has 0 aliphatic rings. The maximum Gasteiger partial charge on any atom is 0.356 e. The average molecular weight is 236 g/mol. The maximum absolute atomic E-state index is 11.4. The average Bonchev–Trinajstić information content (AvgIpc) is 2.28. The van der Waals surface area contributed by atoms with Crippen molar-refractivity contribution < 1.29 is 9.53 Å². The van der Waals surface area contributed by atoms with Crippen LogP contribution in [0.1, 0.15) is 16.1 Å². The third kappa shape index (κ3) is 1.86. The van der Waals surface area contributed by atoms with E-state index in [2.05, 4.69) is 9.72 Å². The molecule has 1 heterocycles. The van der Waals surface area contributed by atoms with Crippen molar-refractivity contribution in [2.75, 3.05) is 7.11 Å². The molecule has 4 heteroatoms. The number of benzene rings is 1. The fourth-order valence-electron chi connectivity index (χ4n) is 1.58. The van der Waals surface area contributed by atoms with Crippen molar-refractivity contribution >= 4 is 28.5 Å². The lowest BCUT2D eigenvalue weighted by Gasteiger charge is -2.05. The van der Waals surface area contributed by atoms with Crippen molar-refractivity contribution in [1.29, 1.82) is 0 Å². The molecule has 1 aromatic heterocycles. The zero-order valence-corrected chi connectivity index (χ0v) is 9.71. The van der Waals surface area contributed by atoms with Crippen LogP contribution in [0.2, 0.25) is 5.02 Å². The summed E-state index contributed by atoms with van der Waals surface area (Å²) in [5, 5.41) is 1.60. The van der Waals surface area contributed by atoms with Gasteiger partial charge in [0.2, 0.25) is 0 Å². The van der Waals surface area contributed by atoms with Crippen LogP contribution in [-0.4, -0.2) is 18.1 Å². The summed E-state index contributed by atoms with van der Waals surface area (Å²) in [7, 11) is 1.34. The van der Waals surface area contributed by atoms with Gasteiger partial charge in [-0.3, -0.25) is 0 Å². The van der Waals surface area contributed by atoms with E-state index in [-0.39, 0.29) is 0 Å². The Labute approximate surface area is 98.0 Å². The number of hydrogen-bond acceptors (Lipinski definition) is 3. The normalized spacial score (nSPS) is 10.4. The number of methoxy groups -OCH3 is 1. The number of aryl methyl sites for hydroxylation is 1. The van der Waals surface area contributed by atoms with E-state index in [1.54, 1.807) is 18.2 Å². The number of fused-ring (bicyclic) bond motifs is 1. The number of hydrogen-bond donors (Lipinski definition) is 0.